The van der Waals surface area contributed by atoms with E-state index < -0.39 is 34.4 Å². The van der Waals surface area contributed by atoms with Gasteiger partial charge in [-0.3, -0.25) is 4.79 Å². The molecule has 1 rings (SSSR count). The lowest BCUT2D eigenvalue weighted by Crippen LogP contribution is -2.18. The smallest absolute Gasteiger partial charge is 0.403 e. The number of carbonyl (C=O) groups excluding carboxylic acids is 1. The second kappa shape index (κ2) is 4.94. The number of alkyl halides is 5. The maximum Gasteiger partial charge on any atom is 0.573 e. The van der Waals surface area contributed by atoms with Crippen molar-refractivity contribution in [1.29, 1.82) is 0 Å². The topological polar surface area (TPSA) is 39.2 Å². The van der Waals surface area contributed by atoms with Gasteiger partial charge in [0.15, 0.2) is 12.0 Å². The predicted octanol–water partition coefficient (Wildman–Crippen LogP) is 3.49. The second-order valence-electron chi connectivity index (χ2n) is 2.72. The minimum Gasteiger partial charge on any atom is -0.403 e. The van der Waals surface area contributed by atoms with E-state index >= 15 is 0 Å². The Kier molecular flexibility index (Phi) is 4.02. The summed E-state index contributed by atoms with van der Waals surface area (Å²) in [4.78, 5) is 13.6. The number of ether oxygens (including phenoxy) is 1. The molecule has 0 saturated heterocycles. The molecule has 0 spiro atoms. The molecule has 0 aliphatic heterocycles. The number of hydrogen-bond donors (Lipinski definition) is 0. The number of pyridine rings is 1. The average Bonchev–Trinajstić information content (AvgIpc) is 2.18. The molecule has 17 heavy (non-hydrogen) atoms. The summed E-state index contributed by atoms with van der Waals surface area (Å²) < 4.78 is 63.4. The van der Waals surface area contributed by atoms with Crippen molar-refractivity contribution < 1.29 is 31.5 Å². The van der Waals surface area contributed by atoms with E-state index in [1.165, 1.54) is 0 Å². The fourth-order valence-corrected chi connectivity index (χ4v) is 1.35. The van der Waals surface area contributed by atoms with Crippen LogP contribution in [0.15, 0.2) is 10.7 Å². The Hall–Kier alpha value is -1.25. The molecule has 0 saturated carbocycles. The van der Waals surface area contributed by atoms with Crippen LogP contribution in [-0.2, 0) is 0 Å². The molecule has 0 bridgehead atoms. The molecule has 9 heteroatoms. The van der Waals surface area contributed by atoms with Gasteiger partial charge in [0.1, 0.15) is 10.3 Å². The lowest BCUT2D eigenvalue weighted by molar-refractivity contribution is -0.275. The summed E-state index contributed by atoms with van der Waals surface area (Å²) in [7, 11) is 0. The zero-order valence-electron chi connectivity index (χ0n) is 7.76. The predicted molar refractivity (Wildman–Crippen MR) is 49.0 cm³/mol. The lowest BCUT2D eigenvalue weighted by Gasteiger charge is -2.12. The molecule has 0 aliphatic rings. The van der Waals surface area contributed by atoms with E-state index in [4.69, 9.17) is 0 Å². The SMILES string of the molecule is O=Cc1cc(OC(F)(F)F)c(Br)nc1C(F)F. The Bertz CT molecular complexity index is 435. The number of hydrogen-bond acceptors (Lipinski definition) is 3. The van der Waals surface area contributed by atoms with Gasteiger partial charge in [0.2, 0.25) is 0 Å². The third-order valence-corrected chi connectivity index (χ3v) is 2.13. The van der Waals surface area contributed by atoms with Crippen LogP contribution < -0.4 is 4.74 Å². The monoisotopic (exact) mass is 319 g/mol. The van der Waals surface area contributed by atoms with Crippen molar-refractivity contribution in [2.75, 3.05) is 0 Å². The van der Waals surface area contributed by atoms with Crippen LogP contribution in [0.3, 0.4) is 0 Å². The fraction of sp³-hybridized carbons (Fsp3) is 0.250. The first-order valence-electron chi connectivity index (χ1n) is 3.94. The summed E-state index contributed by atoms with van der Waals surface area (Å²) >= 11 is 2.55. The van der Waals surface area contributed by atoms with E-state index in [1.807, 2.05) is 0 Å². The van der Waals surface area contributed by atoms with E-state index in [-0.39, 0.29) is 6.29 Å². The van der Waals surface area contributed by atoms with Crippen LogP contribution in [-0.4, -0.2) is 17.6 Å². The van der Waals surface area contributed by atoms with Gasteiger partial charge in [0.05, 0.1) is 0 Å². The van der Waals surface area contributed by atoms with Gasteiger partial charge in [0, 0.05) is 5.56 Å². The summed E-state index contributed by atoms with van der Waals surface area (Å²) in [5, 5.41) is 0. The van der Waals surface area contributed by atoms with Crippen LogP contribution in [0.1, 0.15) is 22.5 Å². The largest absolute Gasteiger partial charge is 0.573 e. The van der Waals surface area contributed by atoms with Crippen molar-refractivity contribution in [3.63, 3.8) is 0 Å². The van der Waals surface area contributed by atoms with Crippen LogP contribution in [0.2, 0.25) is 0 Å². The molecule has 0 atom stereocenters. The highest BCUT2D eigenvalue weighted by Crippen LogP contribution is 2.32. The second-order valence-corrected chi connectivity index (χ2v) is 3.47. The Morgan fingerprint density at radius 1 is 1.41 bits per heavy atom. The summed E-state index contributed by atoms with van der Waals surface area (Å²) in [6, 6.07) is 0.541. The molecule has 1 aromatic rings. The number of carbonyl (C=O) groups is 1. The van der Waals surface area contributed by atoms with Gasteiger partial charge in [-0.25, -0.2) is 13.8 Å². The maximum atomic E-state index is 12.4. The van der Waals surface area contributed by atoms with Crippen molar-refractivity contribution in [1.82, 2.24) is 4.98 Å². The van der Waals surface area contributed by atoms with Crippen LogP contribution in [0.25, 0.3) is 0 Å². The Morgan fingerprint density at radius 3 is 2.41 bits per heavy atom. The van der Waals surface area contributed by atoms with Crippen molar-refractivity contribution in [3.8, 4) is 5.75 Å². The Morgan fingerprint density at radius 2 is 2.00 bits per heavy atom. The van der Waals surface area contributed by atoms with Gasteiger partial charge in [0.25, 0.3) is 6.43 Å². The van der Waals surface area contributed by atoms with Crippen molar-refractivity contribution in [3.05, 3.63) is 21.9 Å². The van der Waals surface area contributed by atoms with Crippen LogP contribution >= 0.6 is 15.9 Å². The van der Waals surface area contributed by atoms with E-state index in [1.54, 1.807) is 0 Å². The summed E-state index contributed by atoms with van der Waals surface area (Å²) in [5.41, 5.74) is -1.58. The van der Waals surface area contributed by atoms with Crippen molar-refractivity contribution in [2.24, 2.45) is 0 Å². The highest BCUT2D eigenvalue weighted by Gasteiger charge is 2.33. The van der Waals surface area contributed by atoms with E-state index in [9.17, 15) is 26.7 Å². The molecule has 0 radical (unpaired) electrons. The zero-order valence-corrected chi connectivity index (χ0v) is 9.35. The van der Waals surface area contributed by atoms with Crippen LogP contribution in [0.5, 0.6) is 5.75 Å². The number of rotatable bonds is 3. The molecule has 0 unspecified atom stereocenters. The molecule has 1 heterocycles. The van der Waals surface area contributed by atoms with Gasteiger partial charge >= 0.3 is 6.36 Å². The fourth-order valence-electron chi connectivity index (χ4n) is 0.966. The number of nitrogens with zero attached hydrogens (tertiary/aromatic N) is 1. The van der Waals surface area contributed by atoms with Crippen molar-refractivity contribution >= 4 is 22.2 Å². The first kappa shape index (κ1) is 13.8. The van der Waals surface area contributed by atoms with Gasteiger partial charge < -0.3 is 4.74 Å². The van der Waals surface area contributed by atoms with Crippen LogP contribution in [0.4, 0.5) is 22.0 Å². The van der Waals surface area contributed by atoms with E-state index in [0.29, 0.717) is 6.07 Å². The van der Waals surface area contributed by atoms with Crippen molar-refractivity contribution in [2.45, 2.75) is 12.8 Å². The first-order chi connectivity index (χ1) is 7.74. The minimum atomic E-state index is -5.00. The third-order valence-electron chi connectivity index (χ3n) is 1.56. The molecule has 0 aromatic carbocycles. The third kappa shape index (κ3) is 3.62. The maximum absolute atomic E-state index is 12.4. The molecule has 0 fully saturated rings. The average molecular weight is 320 g/mol. The van der Waals surface area contributed by atoms with Gasteiger partial charge in [-0.05, 0) is 22.0 Å². The number of aldehydes is 1. The quantitative estimate of drug-likeness (QED) is 0.486. The highest BCUT2D eigenvalue weighted by atomic mass is 79.9. The normalized spacial score (nSPS) is 11.7. The summed E-state index contributed by atoms with van der Waals surface area (Å²) in [6.45, 7) is 0. The van der Waals surface area contributed by atoms with E-state index in [0.717, 1.165) is 0 Å². The Balaban J connectivity index is 3.23. The molecule has 1 aromatic heterocycles. The van der Waals surface area contributed by atoms with Gasteiger partial charge in [-0.2, -0.15) is 0 Å². The summed E-state index contributed by atoms with van der Waals surface area (Å²) in [6.07, 6.45) is -8.10. The molecule has 3 nitrogen and oxygen atoms in total. The molecule has 94 valence electrons. The standard InChI is InChI=1S/C8H3BrF5NO2/c9-6-4(17-8(12,13)14)1-3(2-16)5(15-6)7(10)11/h1-2,7H. The van der Waals surface area contributed by atoms with Gasteiger partial charge in [-0.1, -0.05) is 0 Å². The van der Waals surface area contributed by atoms with E-state index in [2.05, 4.69) is 25.7 Å². The highest BCUT2D eigenvalue weighted by molar-refractivity contribution is 9.10. The zero-order chi connectivity index (χ0) is 13.2. The molecule has 0 amide bonds. The Labute approximate surface area is 99.7 Å². The number of aromatic nitrogens is 1. The molecular formula is C8H3BrF5NO2. The summed E-state index contributed by atoms with van der Waals surface area (Å²) in [5.74, 6) is -0.857. The van der Waals surface area contributed by atoms with Gasteiger partial charge in [-0.15, -0.1) is 13.2 Å². The number of halogens is 6. The molecule has 0 N–H and O–H groups in total. The first-order valence-corrected chi connectivity index (χ1v) is 4.73. The molecular weight excluding hydrogens is 317 g/mol. The molecule has 0 aliphatic carbocycles. The van der Waals surface area contributed by atoms with Crippen LogP contribution in [0, 0.1) is 0 Å². The lowest BCUT2D eigenvalue weighted by atomic mass is 10.2. The minimum absolute atomic E-state index is 0.0236.